The lowest BCUT2D eigenvalue weighted by Gasteiger charge is -2.20. The molecule has 0 aliphatic heterocycles. The Morgan fingerprint density at radius 3 is 2.56 bits per heavy atom. The number of carbonyl (C=O) groups excluding carboxylic acids is 1. The Morgan fingerprint density at radius 2 is 1.81 bits per heavy atom. The summed E-state index contributed by atoms with van der Waals surface area (Å²) in [6.45, 7) is 3.62. The molecule has 0 radical (unpaired) electrons. The Morgan fingerprint density at radius 1 is 1.07 bits per heavy atom. The molecule has 0 spiro atoms. The number of nitrogens with zero attached hydrogens (tertiary/aromatic N) is 3. The van der Waals surface area contributed by atoms with Gasteiger partial charge in [0, 0.05) is 30.7 Å². The van der Waals surface area contributed by atoms with E-state index in [1.807, 2.05) is 61.5 Å². The Bertz CT molecular complexity index is 901. The van der Waals surface area contributed by atoms with Crippen molar-refractivity contribution in [2.45, 2.75) is 20.0 Å². The smallest absolute Gasteiger partial charge is 0.272 e. The van der Waals surface area contributed by atoms with Gasteiger partial charge < -0.3 is 10.2 Å². The summed E-state index contributed by atoms with van der Waals surface area (Å²) >= 11 is 6.18. The van der Waals surface area contributed by atoms with E-state index in [4.69, 9.17) is 11.6 Å². The standard InChI is InChI=1S/C21H21ClN4O/c1-2-26(14-16-8-4-3-5-9-16)21(27)19-12-20(25-15-24-19)23-13-17-10-6-7-11-18(17)22/h3-12,15H,2,13-14H2,1H3,(H,23,24,25). The van der Waals surface area contributed by atoms with E-state index in [2.05, 4.69) is 15.3 Å². The van der Waals surface area contributed by atoms with Crippen LogP contribution in [0.25, 0.3) is 0 Å². The molecule has 0 unspecified atom stereocenters. The van der Waals surface area contributed by atoms with Gasteiger partial charge in [-0.1, -0.05) is 60.1 Å². The van der Waals surface area contributed by atoms with Gasteiger partial charge in [-0.3, -0.25) is 4.79 Å². The molecule has 0 aliphatic carbocycles. The molecule has 0 bridgehead atoms. The number of anilines is 1. The van der Waals surface area contributed by atoms with Crippen molar-refractivity contribution in [3.63, 3.8) is 0 Å². The first kappa shape index (κ1) is 18.9. The van der Waals surface area contributed by atoms with Gasteiger partial charge in [-0.2, -0.15) is 0 Å². The maximum atomic E-state index is 12.8. The highest BCUT2D eigenvalue weighted by molar-refractivity contribution is 6.31. The molecule has 2 aromatic carbocycles. The zero-order valence-corrected chi connectivity index (χ0v) is 15.9. The highest BCUT2D eigenvalue weighted by Crippen LogP contribution is 2.17. The molecule has 1 amide bonds. The number of halogens is 1. The highest BCUT2D eigenvalue weighted by Gasteiger charge is 2.16. The van der Waals surface area contributed by atoms with Gasteiger partial charge in [-0.25, -0.2) is 9.97 Å². The van der Waals surface area contributed by atoms with E-state index >= 15 is 0 Å². The van der Waals surface area contributed by atoms with Crippen LogP contribution in [0.2, 0.25) is 5.02 Å². The quantitative estimate of drug-likeness (QED) is 0.659. The van der Waals surface area contributed by atoms with Crippen LogP contribution in [-0.2, 0) is 13.1 Å². The maximum Gasteiger partial charge on any atom is 0.272 e. The van der Waals surface area contributed by atoms with Crippen molar-refractivity contribution in [1.29, 1.82) is 0 Å². The summed E-state index contributed by atoms with van der Waals surface area (Å²) in [7, 11) is 0. The average molecular weight is 381 g/mol. The summed E-state index contributed by atoms with van der Waals surface area (Å²) in [5.74, 6) is 0.466. The van der Waals surface area contributed by atoms with Crippen molar-refractivity contribution >= 4 is 23.3 Å². The van der Waals surface area contributed by atoms with Crippen LogP contribution >= 0.6 is 11.6 Å². The fourth-order valence-corrected chi connectivity index (χ4v) is 2.89. The molecule has 5 nitrogen and oxygen atoms in total. The molecule has 0 saturated carbocycles. The minimum atomic E-state index is -0.121. The molecule has 3 rings (SSSR count). The summed E-state index contributed by atoms with van der Waals surface area (Å²) < 4.78 is 0. The van der Waals surface area contributed by atoms with Gasteiger partial charge in [0.2, 0.25) is 0 Å². The van der Waals surface area contributed by atoms with Crippen molar-refractivity contribution in [3.05, 3.63) is 88.8 Å². The summed E-state index contributed by atoms with van der Waals surface area (Å²) in [4.78, 5) is 23.0. The Balaban J connectivity index is 1.70. The summed E-state index contributed by atoms with van der Waals surface area (Å²) in [6, 6.07) is 19.2. The topological polar surface area (TPSA) is 58.1 Å². The number of rotatable bonds is 7. The number of aromatic nitrogens is 2. The first-order valence-corrected chi connectivity index (χ1v) is 9.17. The van der Waals surface area contributed by atoms with Crippen LogP contribution in [0.4, 0.5) is 5.82 Å². The predicted molar refractivity (Wildman–Crippen MR) is 108 cm³/mol. The van der Waals surface area contributed by atoms with Gasteiger partial charge >= 0.3 is 0 Å². The van der Waals surface area contributed by atoms with Crippen molar-refractivity contribution in [3.8, 4) is 0 Å². The lowest BCUT2D eigenvalue weighted by molar-refractivity contribution is 0.0746. The molecule has 0 aliphatic rings. The zero-order valence-electron chi connectivity index (χ0n) is 15.1. The molecular formula is C21H21ClN4O. The highest BCUT2D eigenvalue weighted by atomic mass is 35.5. The van der Waals surface area contributed by atoms with Crippen molar-refractivity contribution < 1.29 is 4.79 Å². The maximum absolute atomic E-state index is 12.8. The molecule has 1 heterocycles. The fourth-order valence-electron chi connectivity index (χ4n) is 2.69. The van der Waals surface area contributed by atoms with E-state index in [1.54, 1.807) is 11.0 Å². The second kappa shape index (κ2) is 9.14. The Kier molecular flexibility index (Phi) is 6.39. The number of nitrogens with one attached hydrogen (secondary N) is 1. The van der Waals surface area contributed by atoms with Crippen LogP contribution in [0, 0.1) is 0 Å². The number of benzene rings is 2. The minimum Gasteiger partial charge on any atom is -0.366 e. The van der Waals surface area contributed by atoms with Crippen molar-refractivity contribution in [1.82, 2.24) is 14.9 Å². The van der Waals surface area contributed by atoms with Crippen LogP contribution in [-0.4, -0.2) is 27.3 Å². The SMILES string of the molecule is CCN(Cc1ccccc1)C(=O)c1cc(NCc2ccccc2Cl)ncn1. The third-order valence-electron chi connectivity index (χ3n) is 4.19. The lowest BCUT2D eigenvalue weighted by Crippen LogP contribution is -2.31. The monoisotopic (exact) mass is 380 g/mol. The number of hydrogen-bond acceptors (Lipinski definition) is 4. The molecule has 0 fully saturated rings. The minimum absolute atomic E-state index is 0.121. The normalized spacial score (nSPS) is 10.4. The average Bonchev–Trinajstić information content (AvgIpc) is 2.72. The predicted octanol–water partition coefficient (Wildman–Crippen LogP) is 4.40. The molecule has 138 valence electrons. The van der Waals surface area contributed by atoms with Gasteiger partial charge in [-0.05, 0) is 24.1 Å². The van der Waals surface area contributed by atoms with Gasteiger partial charge in [-0.15, -0.1) is 0 Å². The molecular weight excluding hydrogens is 360 g/mol. The molecule has 0 saturated heterocycles. The number of carbonyl (C=O) groups is 1. The number of hydrogen-bond donors (Lipinski definition) is 1. The zero-order chi connectivity index (χ0) is 19.1. The first-order chi connectivity index (χ1) is 13.2. The van der Waals surface area contributed by atoms with Crippen LogP contribution in [0.5, 0.6) is 0 Å². The third-order valence-corrected chi connectivity index (χ3v) is 4.56. The van der Waals surface area contributed by atoms with Crippen molar-refractivity contribution in [2.24, 2.45) is 0 Å². The summed E-state index contributed by atoms with van der Waals surface area (Å²) in [5, 5.41) is 3.89. The first-order valence-electron chi connectivity index (χ1n) is 8.80. The van der Waals surface area contributed by atoms with E-state index < -0.39 is 0 Å². The molecule has 1 aromatic heterocycles. The van der Waals surface area contributed by atoms with Gasteiger partial charge in [0.15, 0.2) is 0 Å². The summed E-state index contributed by atoms with van der Waals surface area (Å²) in [5.41, 5.74) is 2.41. The van der Waals surface area contributed by atoms with E-state index in [0.717, 1.165) is 11.1 Å². The molecule has 1 N–H and O–H groups in total. The molecule has 27 heavy (non-hydrogen) atoms. The van der Waals surface area contributed by atoms with E-state index in [-0.39, 0.29) is 5.91 Å². The van der Waals surface area contributed by atoms with Crippen LogP contribution in [0.3, 0.4) is 0 Å². The Labute approximate surface area is 164 Å². The third kappa shape index (κ3) is 5.05. The van der Waals surface area contributed by atoms with Crippen LogP contribution in [0.1, 0.15) is 28.5 Å². The van der Waals surface area contributed by atoms with Gasteiger partial charge in [0.25, 0.3) is 5.91 Å². The van der Waals surface area contributed by atoms with E-state index in [9.17, 15) is 4.79 Å². The van der Waals surface area contributed by atoms with Gasteiger partial charge in [0.1, 0.15) is 17.8 Å². The van der Waals surface area contributed by atoms with E-state index in [1.165, 1.54) is 6.33 Å². The van der Waals surface area contributed by atoms with Crippen LogP contribution < -0.4 is 5.32 Å². The fraction of sp³-hybridized carbons (Fsp3) is 0.190. The lowest BCUT2D eigenvalue weighted by atomic mass is 10.2. The molecule has 3 aromatic rings. The molecule has 6 heteroatoms. The van der Waals surface area contributed by atoms with Gasteiger partial charge in [0.05, 0.1) is 0 Å². The molecule has 0 atom stereocenters. The second-order valence-corrected chi connectivity index (χ2v) is 6.45. The Hall–Kier alpha value is -2.92. The summed E-state index contributed by atoms with van der Waals surface area (Å²) in [6.07, 6.45) is 1.40. The second-order valence-electron chi connectivity index (χ2n) is 6.04. The van der Waals surface area contributed by atoms with E-state index in [0.29, 0.717) is 36.2 Å². The number of amides is 1. The van der Waals surface area contributed by atoms with Crippen LogP contribution in [0.15, 0.2) is 67.0 Å². The van der Waals surface area contributed by atoms with Crippen molar-refractivity contribution in [2.75, 3.05) is 11.9 Å². The largest absolute Gasteiger partial charge is 0.366 e.